The molecule has 3 N–H and O–H groups in total. The van der Waals surface area contributed by atoms with Crippen molar-refractivity contribution in [2.24, 2.45) is 10.9 Å². The third kappa shape index (κ3) is 2.32. The molecule has 2 aromatic carbocycles. The van der Waals surface area contributed by atoms with Crippen LogP contribution in [0, 0.1) is 0 Å². The number of rotatable bonds is 3. The van der Waals surface area contributed by atoms with E-state index in [2.05, 4.69) is 34.3 Å². The lowest BCUT2D eigenvalue weighted by Crippen LogP contribution is -2.19. The Kier molecular flexibility index (Phi) is 3.29. The summed E-state index contributed by atoms with van der Waals surface area (Å²) >= 11 is 0. The summed E-state index contributed by atoms with van der Waals surface area (Å²) in [6.45, 7) is 1.94. The van der Waals surface area contributed by atoms with Crippen LogP contribution < -0.4 is 10.6 Å². The fourth-order valence-corrected chi connectivity index (χ4v) is 2.63. The molecule has 0 atom stereocenters. The van der Waals surface area contributed by atoms with Crippen LogP contribution in [0.2, 0.25) is 0 Å². The van der Waals surface area contributed by atoms with Gasteiger partial charge in [-0.1, -0.05) is 47.6 Å². The fourth-order valence-electron chi connectivity index (χ4n) is 2.63. The molecule has 1 aliphatic rings. The van der Waals surface area contributed by atoms with E-state index in [0.29, 0.717) is 0 Å². The molecular formula is C16H17N3O. The van der Waals surface area contributed by atoms with Gasteiger partial charge in [0, 0.05) is 24.3 Å². The maximum absolute atomic E-state index is 8.65. The highest BCUT2D eigenvalue weighted by molar-refractivity contribution is 5.96. The topological polar surface area (TPSA) is 61.9 Å². The third-order valence-corrected chi connectivity index (χ3v) is 3.71. The first kappa shape index (κ1) is 12.5. The van der Waals surface area contributed by atoms with Gasteiger partial charge in [-0.25, -0.2) is 0 Å². The second kappa shape index (κ2) is 5.25. The highest BCUT2D eigenvalue weighted by Gasteiger charge is 2.18. The first-order valence-electron chi connectivity index (χ1n) is 6.67. The monoisotopic (exact) mass is 267 g/mol. The first-order chi connectivity index (χ1) is 9.78. The molecule has 4 heteroatoms. The molecule has 0 saturated heterocycles. The average molecular weight is 267 g/mol. The lowest BCUT2D eigenvalue weighted by molar-refractivity contribution is 0.318. The number of amidine groups is 1. The standard InChI is InChI=1S/C16H17N3O/c17-16(18-20)14-7-5-12(6-8-14)11-19-10-9-13-3-1-2-4-15(13)19/h1-8,20H,9-11H2,(H2,17,18). The van der Waals surface area contributed by atoms with E-state index >= 15 is 0 Å². The molecule has 0 spiro atoms. The normalized spacial score (nSPS) is 14.4. The minimum Gasteiger partial charge on any atom is -0.409 e. The summed E-state index contributed by atoms with van der Waals surface area (Å²) in [5, 5.41) is 11.7. The van der Waals surface area contributed by atoms with Gasteiger partial charge in [0.2, 0.25) is 0 Å². The highest BCUT2D eigenvalue weighted by atomic mass is 16.4. The van der Waals surface area contributed by atoms with E-state index in [1.165, 1.54) is 16.8 Å². The molecular weight excluding hydrogens is 250 g/mol. The predicted molar refractivity (Wildman–Crippen MR) is 80.1 cm³/mol. The van der Waals surface area contributed by atoms with Crippen LogP contribution in [-0.4, -0.2) is 17.6 Å². The molecule has 0 unspecified atom stereocenters. The van der Waals surface area contributed by atoms with Crippen molar-refractivity contribution in [3.8, 4) is 0 Å². The minimum absolute atomic E-state index is 0.142. The van der Waals surface area contributed by atoms with Crippen LogP contribution in [0.3, 0.4) is 0 Å². The van der Waals surface area contributed by atoms with E-state index in [0.717, 1.165) is 25.1 Å². The molecule has 102 valence electrons. The van der Waals surface area contributed by atoms with Gasteiger partial charge in [-0.2, -0.15) is 0 Å². The van der Waals surface area contributed by atoms with E-state index in [1.807, 2.05) is 24.3 Å². The number of anilines is 1. The summed E-state index contributed by atoms with van der Waals surface area (Å²) in [5.74, 6) is 0.142. The van der Waals surface area contributed by atoms with E-state index in [9.17, 15) is 0 Å². The molecule has 0 amide bonds. The minimum atomic E-state index is 0.142. The average Bonchev–Trinajstić information content (AvgIpc) is 2.91. The number of nitrogens with two attached hydrogens (primary N) is 1. The summed E-state index contributed by atoms with van der Waals surface area (Å²) in [7, 11) is 0. The molecule has 0 aliphatic carbocycles. The van der Waals surface area contributed by atoms with Crippen molar-refractivity contribution in [1.82, 2.24) is 0 Å². The number of oxime groups is 1. The number of para-hydroxylation sites is 1. The van der Waals surface area contributed by atoms with Gasteiger partial charge >= 0.3 is 0 Å². The smallest absolute Gasteiger partial charge is 0.170 e. The van der Waals surface area contributed by atoms with Crippen molar-refractivity contribution in [3.63, 3.8) is 0 Å². The Labute approximate surface area is 118 Å². The largest absolute Gasteiger partial charge is 0.409 e. The van der Waals surface area contributed by atoms with Crippen LogP contribution in [0.15, 0.2) is 53.7 Å². The maximum Gasteiger partial charge on any atom is 0.170 e. The Morgan fingerprint density at radius 2 is 1.90 bits per heavy atom. The molecule has 3 rings (SSSR count). The number of hydrogen-bond acceptors (Lipinski definition) is 3. The van der Waals surface area contributed by atoms with Crippen LogP contribution in [0.1, 0.15) is 16.7 Å². The van der Waals surface area contributed by atoms with Crippen molar-refractivity contribution in [2.45, 2.75) is 13.0 Å². The van der Waals surface area contributed by atoms with Gasteiger partial charge < -0.3 is 15.8 Å². The summed E-state index contributed by atoms with van der Waals surface area (Å²) < 4.78 is 0. The van der Waals surface area contributed by atoms with Gasteiger partial charge in [0.05, 0.1) is 0 Å². The van der Waals surface area contributed by atoms with Crippen molar-refractivity contribution >= 4 is 11.5 Å². The number of nitrogens with zero attached hydrogens (tertiary/aromatic N) is 2. The van der Waals surface area contributed by atoms with Crippen molar-refractivity contribution in [3.05, 3.63) is 65.2 Å². The zero-order chi connectivity index (χ0) is 13.9. The van der Waals surface area contributed by atoms with Gasteiger partial charge in [-0.05, 0) is 23.6 Å². The molecule has 0 saturated carbocycles. The lowest BCUT2D eigenvalue weighted by Gasteiger charge is -2.19. The van der Waals surface area contributed by atoms with Crippen LogP contribution in [0.4, 0.5) is 5.69 Å². The van der Waals surface area contributed by atoms with Gasteiger partial charge in [-0.15, -0.1) is 0 Å². The second-order valence-electron chi connectivity index (χ2n) is 4.98. The van der Waals surface area contributed by atoms with Gasteiger partial charge in [0.15, 0.2) is 5.84 Å². The molecule has 0 aromatic heterocycles. The van der Waals surface area contributed by atoms with Gasteiger partial charge in [0.25, 0.3) is 0 Å². The molecule has 0 radical (unpaired) electrons. The second-order valence-corrected chi connectivity index (χ2v) is 4.98. The molecule has 1 heterocycles. The highest BCUT2D eigenvalue weighted by Crippen LogP contribution is 2.28. The van der Waals surface area contributed by atoms with Crippen LogP contribution in [0.5, 0.6) is 0 Å². The van der Waals surface area contributed by atoms with Crippen LogP contribution >= 0.6 is 0 Å². The van der Waals surface area contributed by atoms with Crippen molar-refractivity contribution in [1.29, 1.82) is 0 Å². The predicted octanol–water partition coefficient (Wildman–Crippen LogP) is 2.34. The number of hydrogen-bond donors (Lipinski definition) is 2. The lowest BCUT2D eigenvalue weighted by atomic mass is 10.1. The molecule has 2 aromatic rings. The van der Waals surface area contributed by atoms with Crippen molar-refractivity contribution in [2.75, 3.05) is 11.4 Å². The zero-order valence-corrected chi connectivity index (χ0v) is 11.2. The number of benzene rings is 2. The quantitative estimate of drug-likeness (QED) is 0.388. The molecule has 1 aliphatic heterocycles. The van der Waals surface area contributed by atoms with E-state index < -0.39 is 0 Å². The van der Waals surface area contributed by atoms with Gasteiger partial charge in [-0.3, -0.25) is 0 Å². The Morgan fingerprint density at radius 3 is 2.65 bits per heavy atom. The SMILES string of the molecule is N/C(=N\O)c1ccc(CN2CCc3ccccc32)cc1. The summed E-state index contributed by atoms with van der Waals surface area (Å²) in [4.78, 5) is 2.38. The van der Waals surface area contributed by atoms with Crippen molar-refractivity contribution < 1.29 is 5.21 Å². The molecule has 20 heavy (non-hydrogen) atoms. The number of fused-ring (bicyclic) bond motifs is 1. The van der Waals surface area contributed by atoms with E-state index in [1.54, 1.807) is 0 Å². The van der Waals surface area contributed by atoms with Crippen LogP contribution in [0.25, 0.3) is 0 Å². The fraction of sp³-hybridized carbons (Fsp3) is 0.188. The van der Waals surface area contributed by atoms with Crippen LogP contribution in [-0.2, 0) is 13.0 Å². The zero-order valence-electron chi connectivity index (χ0n) is 11.2. The third-order valence-electron chi connectivity index (χ3n) is 3.71. The summed E-state index contributed by atoms with van der Waals surface area (Å²) in [5.41, 5.74) is 10.3. The maximum atomic E-state index is 8.65. The first-order valence-corrected chi connectivity index (χ1v) is 6.67. The molecule has 0 fully saturated rings. The Hall–Kier alpha value is -2.49. The van der Waals surface area contributed by atoms with E-state index in [4.69, 9.17) is 10.9 Å². The summed E-state index contributed by atoms with van der Waals surface area (Å²) in [6, 6.07) is 16.3. The van der Waals surface area contributed by atoms with E-state index in [-0.39, 0.29) is 5.84 Å². The van der Waals surface area contributed by atoms with Gasteiger partial charge in [0.1, 0.15) is 0 Å². The summed E-state index contributed by atoms with van der Waals surface area (Å²) in [6.07, 6.45) is 1.11. The molecule has 4 nitrogen and oxygen atoms in total. The Morgan fingerprint density at radius 1 is 1.15 bits per heavy atom. The molecule has 0 bridgehead atoms. The Balaban J connectivity index is 1.76. The Bertz CT molecular complexity index is 634.